The van der Waals surface area contributed by atoms with Gasteiger partial charge in [-0.05, 0) is 6.42 Å². The lowest BCUT2D eigenvalue weighted by molar-refractivity contribution is 0.172. The number of imidazole rings is 1. The van der Waals surface area contributed by atoms with Crippen LogP contribution in [0.25, 0.3) is 11.0 Å². The first-order valence-electron chi connectivity index (χ1n) is 6.29. The van der Waals surface area contributed by atoms with Crippen molar-refractivity contribution in [3.05, 3.63) is 12.1 Å². The Morgan fingerprint density at radius 3 is 2.79 bits per heavy atom. The molecule has 0 fully saturated rings. The van der Waals surface area contributed by atoms with Crippen LogP contribution in [0, 0.1) is 0 Å². The van der Waals surface area contributed by atoms with Gasteiger partial charge in [0, 0.05) is 31.5 Å². The topological polar surface area (TPSA) is 56.5 Å². The number of aromatic nitrogens is 2. The number of thioether (sulfide) groups is 1. The minimum Gasteiger partial charge on any atom is -0.486 e. The fraction of sp³-hybridized carbons (Fsp3) is 0.462. The van der Waals surface area contributed by atoms with Gasteiger partial charge in [-0.15, -0.1) is 0 Å². The van der Waals surface area contributed by atoms with Crippen molar-refractivity contribution in [1.29, 1.82) is 0 Å². The van der Waals surface area contributed by atoms with Crippen LogP contribution in [0.1, 0.15) is 6.42 Å². The maximum Gasteiger partial charge on any atom is 0.168 e. The third-order valence-electron chi connectivity index (χ3n) is 3.04. The van der Waals surface area contributed by atoms with E-state index in [1.165, 1.54) is 0 Å². The van der Waals surface area contributed by atoms with E-state index in [2.05, 4.69) is 9.55 Å². The number of aliphatic hydroxyl groups excluding tert-OH is 1. The molecule has 19 heavy (non-hydrogen) atoms. The highest BCUT2D eigenvalue weighted by Gasteiger charge is 2.16. The molecule has 1 aromatic carbocycles. The van der Waals surface area contributed by atoms with E-state index < -0.39 is 0 Å². The minimum absolute atomic E-state index is 0.215. The van der Waals surface area contributed by atoms with Gasteiger partial charge in [-0.25, -0.2) is 4.98 Å². The lowest BCUT2D eigenvalue weighted by Gasteiger charge is -2.18. The number of aliphatic hydroxyl groups is 1. The third-order valence-corrected chi connectivity index (χ3v) is 4.15. The predicted octanol–water partition coefficient (Wildman–Crippen LogP) is 1.82. The van der Waals surface area contributed by atoms with Gasteiger partial charge in [0.05, 0.1) is 11.0 Å². The highest BCUT2D eigenvalue weighted by atomic mass is 32.2. The second-order valence-electron chi connectivity index (χ2n) is 4.36. The zero-order chi connectivity index (χ0) is 13.2. The molecule has 0 aliphatic carbocycles. The van der Waals surface area contributed by atoms with Gasteiger partial charge >= 0.3 is 0 Å². The van der Waals surface area contributed by atoms with Gasteiger partial charge in [-0.3, -0.25) is 0 Å². The molecule has 0 unspecified atom stereocenters. The van der Waals surface area contributed by atoms with E-state index in [1.54, 1.807) is 11.8 Å². The van der Waals surface area contributed by atoms with Gasteiger partial charge in [-0.1, -0.05) is 11.8 Å². The summed E-state index contributed by atoms with van der Waals surface area (Å²) in [7, 11) is 1.99. The molecule has 5 nitrogen and oxygen atoms in total. The summed E-state index contributed by atoms with van der Waals surface area (Å²) in [4.78, 5) is 4.60. The molecule has 1 aliphatic rings. The van der Waals surface area contributed by atoms with E-state index in [4.69, 9.17) is 14.6 Å². The largest absolute Gasteiger partial charge is 0.486 e. The molecular formula is C13H16N2O3S. The minimum atomic E-state index is 0.215. The Balaban J connectivity index is 1.95. The van der Waals surface area contributed by atoms with Gasteiger partial charge in [-0.2, -0.15) is 0 Å². The van der Waals surface area contributed by atoms with Crippen LogP contribution in [-0.2, 0) is 7.05 Å². The van der Waals surface area contributed by atoms with Crippen LogP contribution in [0.5, 0.6) is 11.5 Å². The molecule has 0 atom stereocenters. The summed E-state index contributed by atoms with van der Waals surface area (Å²) >= 11 is 1.65. The molecule has 0 saturated heterocycles. The SMILES string of the molecule is Cn1c(SCCCO)nc2cc3c(cc21)OCCO3. The van der Waals surface area contributed by atoms with Gasteiger partial charge in [0.15, 0.2) is 16.7 Å². The average Bonchev–Trinajstić information content (AvgIpc) is 2.73. The fourth-order valence-electron chi connectivity index (χ4n) is 2.06. The molecule has 6 heteroatoms. The highest BCUT2D eigenvalue weighted by molar-refractivity contribution is 7.99. The standard InChI is InChI=1S/C13H16N2O3S/c1-15-10-8-12-11(17-4-5-18-12)7-9(10)14-13(15)19-6-2-3-16/h7-8,16H,2-6H2,1H3. The molecule has 1 aromatic heterocycles. The first kappa shape index (κ1) is 12.6. The Morgan fingerprint density at radius 1 is 1.32 bits per heavy atom. The smallest absolute Gasteiger partial charge is 0.168 e. The molecule has 0 radical (unpaired) electrons. The van der Waals surface area contributed by atoms with Crippen LogP contribution in [0.15, 0.2) is 17.3 Å². The van der Waals surface area contributed by atoms with Crippen molar-refractivity contribution in [2.24, 2.45) is 7.05 Å². The molecule has 2 heterocycles. The number of rotatable bonds is 4. The molecule has 1 N–H and O–H groups in total. The average molecular weight is 280 g/mol. The second kappa shape index (κ2) is 5.30. The van der Waals surface area contributed by atoms with E-state index in [0.29, 0.717) is 13.2 Å². The molecule has 102 valence electrons. The fourth-order valence-corrected chi connectivity index (χ4v) is 2.97. The summed E-state index contributed by atoms with van der Waals surface area (Å²) < 4.78 is 13.2. The van der Waals surface area contributed by atoms with Crippen molar-refractivity contribution < 1.29 is 14.6 Å². The Hall–Kier alpha value is -1.40. The molecular weight excluding hydrogens is 264 g/mol. The summed E-state index contributed by atoms with van der Waals surface area (Å²) in [5.41, 5.74) is 1.95. The normalized spacial score (nSPS) is 14.0. The zero-order valence-corrected chi connectivity index (χ0v) is 11.6. The van der Waals surface area contributed by atoms with Gasteiger partial charge < -0.3 is 19.1 Å². The Labute approximate surface area is 115 Å². The summed E-state index contributed by atoms with van der Waals surface area (Å²) in [6.07, 6.45) is 0.774. The molecule has 1 aliphatic heterocycles. The van der Waals surface area contributed by atoms with Gasteiger partial charge in [0.1, 0.15) is 13.2 Å². The van der Waals surface area contributed by atoms with Crippen LogP contribution < -0.4 is 9.47 Å². The van der Waals surface area contributed by atoms with E-state index in [0.717, 1.165) is 39.9 Å². The second-order valence-corrected chi connectivity index (χ2v) is 5.43. The predicted molar refractivity (Wildman–Crippen MR) is 74.1 cm³/mol. The number of ether oxygens (including phenoxy) is 2. The maximum absolute atomic E-state index is 8.82. The maximum atomic E-state index is 8.82. The van der Waals surface area contributed by atoms with Crippen molar-refractivity contribution in [1.82, 2.24) is 9.55 Å². The Morgan fingerprint density at radius 2 is 2.05 bits per heavy atom. The molecule has 3 rings (SSSR count). The van der Waals surface area contributed by atoms with Crippen LogP contribution in [0.4, 0.5) is 0 Å². The van der Waals surface area contributed by atoms with E-state index in [9.17, 15) is 0 Å². The van der Waals surface area contributed by atoms with Crippen LogP contribution in [-0.4, -0.2) is 40.2 Å². The number of hydrogen-bond acceptors (Lipinski definition) is 5. The van der Waals surface area contributed by atoms with Crippen LogP contribution >= 0.6 is 11.8 Å². The van der Waals surface area contributed by atoms with Crippen molar-refractivity contribution in [3.8, 4) is 11.5 Å². The number of benzene rings is 1. The Bertz CT molecular complexity index is 597. The van der Waals surface area contributed by atoms with Crippen molar-refractivity contribution >= 4 is 22.8 Å². The summed E-state index contributed by atoms with van der Waals surface area (Å²) in [5, 5.41) is 9.77. The zero-order valence-electron chi connectivity index (χ0n) is 10.8. The summed E-state index contributed by atoms with van der Waals surface area (Å²) in [6, 6.07) is 3.91. The van der Waals surface area contributed by atoms with Crippen molar-refractivity contribution in [3.63, 3.8) is 0 Å². The number of hydrogen-bond donors (Lipinski definition) is 1. The molecule has 0 bridgehead atoms. The number of nitrogens with zero attached hydrogens (tertiary/aromatic N) is 2. The van der Waals surface area contributed by atoms with Crippen LogP contribution in [0.3, 0.4) is 0 Å². The van der Waals surface area contributed by atoms with Gasteiger partial charge in [0.25, 0.3) is 0 Å². The molecule has 2 aromatic rings. The Kier molecular flexibility index (Phi) is 3.52. The van der Waals surface area contributed by atoms with Gasteiger partial charge in [0.2, 0.25) is 0 Å². The molecule has 0 amide bonds. The first-order valence-corrected chi connectivity index (χ1v) is 7.28. The molecule has 0 spiro atoms. The van der Waals surface area contributed by atoms with E-state index in [-0.39, 0.29) is 6.61 Å². The number of fused-ring (bicyclic) bond motifs is 2. The lowest BCUT2D eigenvalue weighted by Crippen LogP contribution is -2.15. The van der Waals surface area contributed by atoms with Crippen LogP contribution in [0.2, 0.25) is 0 Å². The van der Waals surface area contributed by atoms with Crippen molar-refractivity contribution in [2.45, 2.75) is 11.6 Å². The summed E-state index contributed by atoms with van der Waals surface area (Å²) in [5.74, 6) is 2.41. The highest BCUT2D eigenvalue weighted by Crippen LogP contribution is 2.35. The molecule has 0 saturated carbocycles. The number of aryl methyl sites for hydroxylation is 1. The first-order chi connectivity index (χ1) is 9.29. The third kappa shape index (κ3) is 2.37. The quantitative estimate of drug-likeness (QED) is 0.684. The van der Waals surface area contributed by atoms with Crippen molar-refractivity contribution in [2.75, 3.05) is 25.6 Å². The lowest BCUT2D eigenvalue weighted by atomic mass is 10.2. The van der Waals surface area contributed by atoms with E-state index in [1.807, 2.05) is 19.2 Å². The summed E-state index contributed by atoms with van der Waals surface area (Å²) in [6.45, 7) is 1.39. The van der Waals surface area contributed by atoms with E-state index >= 15 is 0 Å². The monoisotopic (exact) mass is 280 g/mol.